The number of aliphatic hydroxyl groups excluding tert-OH is 1. The van der Waals surface area contributed by atoms with E-state index in [1.165, 1.54) is 17.7 Å². The van der Waals surface area contributed by atoms with Gasteiger partial charge in [0.25, 0.3) is 0 Å². The molecule has 17 heavy (non-hydrogen) atoms. The molecule has 1 atom stereocenters. The summed E-state index contributed by atoms with van der Waals surface area (Å²) in [5, 5.41) is 13.7. The van der Waals surface area contributed by atoms with E-state index in [4.69, 9.17) is 0 Å². The average molecular weight is 237 g/mol. The summed E-state index contributed by atoms with van der Waals surface area (Å²) in [6.07, 6.45) is 4.27. The van der Waals surface area contributed by atoms with Crippen molar-refractivity contribution in [3.05, 3.63) is 17.5 Å². The van der Waals surface area contributed by atoms with Crippen LogP contribution in [0.25, 0.3) is 0 Å². The van der Waals surface area contributed by atoms with Gasteiger partial charge < -0.3 is 5.11 Å². The van der Waals surface area contributed by atoms with Gasteiger partial charge in [-0.3, -0.25) is 9.58 Å². The maximum atomic E-state index is 9.45. The highest BCUT2D eigenvalue weighted by atomic mass is 16.3. The summed E-state index contributed by atoms with van der Waals surface area (Å²) in [6.45, 7) is 7.64. The standard InChI is InChI=1S/C13H23N3O/c1-11-12(7-14-15(11)3)8-16-6-4-5-13(2,9-16)10-17/h7,17H,4-6,8-10H2,1-3H3. The summed E-state index contributed by atoms with van der Waals surface area (Å²) >= 11 is 0. The van der Waals surface area contributed by atoms with E-state index in [9.17, 15) is 5.11 Å². The maximum absolute atomic E-state index is 9.45. The Labute approximate surface area is 103 Å². The first-order valence-corrected chi connectivity index (χ1v) is 6.35. The third-order valence-corrected chi connectivity index (χ3v) is 3.97. The van der Waals surface area contributed by atoms with Crippen molar-refractivity contribution in [2.75, 3.05) is 19.7 Å². The Kier molecular flexibility index (Phi) is 3.54. The molecule has 1 aliphatic rings. The molecule has 1 aromatic rings. The number of aryl methyl sites for hydroxylation is 1. The van der Waals surface area contributed by atoms with Crippen molar-refractivity contribution in [3.8, 4) is 0 Å². The second-order valence-corrected chi connectivity index (χ2v) is 5.66. The number of hydrogen-bond donors (Lipinski definition) is 1. The zero-order chi connectivity index (χ0) is 12.5. The fraction of sp³-hybridized carbons (Fsp3) is 0.769. The lowest BCUT2D eigenvalue weighted by Gasteiger charge is -2.39. The molecule has 2 heterocycles. The second kappa shape index (κ2) is 4.78. The lowest BCUT2D eigenvalue weighted by molar-refractivity contribution is 0.0428. The Bertz CT molecular complexity index is 388. The molecule has 4 nitrogen and oxygen atoms in total. The molecule has 0 aromatic carbocycles. The third-order valence-electron chi connectivity index (χ3n) is 3.97. The van der Waals surface area contributed by atoms with Crippen LogP contribution < -0.4 is 0 Å². The van der Waals surface area contributed by atoms with Crippen molar-refractivity contribution >= 4 is 0 Å². The van der Waals surface area contributed by atoms with E-state index in [1.54, 1.807) is 0 Å². The second-order valence-electron chi connectivity index (χ2n) is 5.66. The minimum absolute atomic E-state index is 0.0777. The number of aliphatic hydroxyl groups is 1. The number of piperidine rings is 1. The predicted octanol–water partition coefficient (Wildman–Crippen LogP) is 1.32. The summed E-state index contributed by atoms with van der Waals surface area (Å²) in [5.41, 5.74) is 2.62. The third kappa shape index (κ3) is 2.69. The van der Waals surface area contributed by atoms with Gasteiger partial charge in [-0.1, -0.05) is 6.92 Å². The Hall–Kier alpha value is -0.870. The Morgan fingerprint density at radius 1 is 1.53 bits per heavy atom. The molecule has 0 bridgehead atoms. The summed E-state index contributed by atoms with van der Waals surface area (Å²) in [6, 6.07) is 0. The molecule has 1 aliphatic heterocycles. The van der Waals surface area contributed by atoms with Gasteiger partial charge in [0.1, 0.15) is 0 Å². The molecular weight excluding hydrogens is 214 g/mol. The quantitative estimate of drug-likeness (QED) is 0.862. The van der Waals surface area contributed by atoms with Crippen LogP contribution in [0.3, 0.4) is 0 Å². The first-order chi connectivity index (χ1) is 8.04. The molecule has 96 valence electrons. The van der Waals surface area contributed by atoms with Gasteiger partial charge in [-0.2, -0.15) is 5.10 Å². The largest absolute Gasteiger partial charge is 0.396 e. The molecule has 1 aromatic heterocycles. The highest BCUT2D eigenvalue weighted by molar-refractivity contribution is 5.15. The monoisotopic (exact) mass is 237 g/mol. The predicted molar refractivity (Wildman–Crippen MR) is 67.6 cm³/mol. The summed E-state index contributed by atoms with van der Waals surface area (Å²) < 4.78 is 1.92. The van der Waals surface area contributed by atoms with E-state index in [0.29, 0.717) is 0 Å². The lowest BCUT2D eigenvalue weighted by atomic mass is 9.82. The van der Waals surface area contributed by atoms with E-state index in [-0.39, 0.29) is 12.0 Å². The van der Waals surface area contributed by atoms with Crippen LogP contribution in [0.4, 0.5) is 0 Å². The molecule has 1 fully saturated rings. The molecule has 0 aliphatic carbocycles. The molecule has 0 spiro atoms. The van der Waals surface area contributed by atoms with Crippen molar-refractivity contribution in [3.63, 3.8) is 0 Å². The van der Waals surface area contributed by atoms with Crippen LogP contribution in [0.5, 0.6) is 0 Å². The SMILES string of the molecule is Cc1c(CN2CCCC(C)(CO)C2)cnn1C. The van der Waals surface area contributed by atoms with Gasteiger partial charge in [0.05, 0.1) is 6.20 Å². The number of aromatic nitrogens is 2. The number of rotatable bonds is 3. The first-order valence-electron chi connectivity index (χ1n) is 6.35. The maximum Gasteiger partial charge on any atom is 0.0537 e. The van der Waals surface area contributed by atoms with E-state index >= 15 is 0 Å². The van der Waals surface area contributed by atoms with E-state index in [0.717, 1.165) is 26.1 Å². The smallest absolute Gasteiger partial charge is 0.0537 e. The van der Waals surface area contributed by atoms with Crippen LogP contribution in [0.1, 0.15) is 31.0 Å². The zero-order valence-electron chi connectivity index (χ0n) is 11.1. The molecule has 0 amide bonds. The number of hydrogen-bond acceptors (Lipinski definition) is 3. The fourth-order valence-corrected chi connectivity index (χ4v) is 2.63. The fourth-order valence-electron chi connectivity index (χ4n) is 2.63. The van der Waals surface area contributed by atoms with Gasteiger partial charge >= 0.3 is 0 Å². The lowest BCUT2D eigenvalue weighted by Crippen LogP contribution is -2.43. The molecule has 2 rings (SSSR count). The molecule has 1 N–H and O–H groups in total. The van der Waals surface area contributed by atoms with Crippen LogP contribution >= 0.6 is 0 Å². The van der Waals surface area contributed by atoms with Gasteiger partial charge in [0, 0.05) is 43.4 Å². The van der Waals surface area contributed by atoms with Crippen molar-refractivity contribution in [1.29, 1.82) is 0 Å². The molecule has 1 saturated heterocycles. The summed E-state index contributed by atoms with van der Waals surface area (Å²) in [7, 11) is 1.98. The summed E-state index contributed by atoms with van der Waals surface area (Å²) in [5.74, 6) is 0. The van der Waals surface area contributed by atoms with Crippen LogP contribution in [0, 0.1) is 12.3 Å². The van der Waals surface area contributed by atoms with Crippen molar-refractivity contribution in [2.45, 2.75) is 33.2 Å². The topological polar surface area (TPSA) is 41.3 Å². The molecular formula is C13H23N3O. The van der Waals surface area contributed by atoms with Gasteiger partial charge in [0.15, 0.2) is 0 Å². The Balaban J connectivity index is 2.02. The van der Waals surface area contributed by atoms with Gasteiger partial charge in [-0.15, -0.1) is 0 Å². The van der Waals surface area contributed by atoms with Crippen molar-refractivity contribution in [2.24, 2.45) is 12.5 Å². The number of nitrogens with zero attached hydrogens (tertiary/aromatic N) is 3. The summed E-state index contributed by atoms with van der Waals surface area (Å²) in [4.78, 5) is 2.43. The zero-order valence-corrected chi connectivity index (χ0v) is 11.1. The minimum Gasteiger partial charge on any atom is -0.396 e. The van der Waals surface area contributed by atoms with Gasteiger partial charge in [-0.05, 0) is 26.3 Å². The van der Waals surface area contributed by atoms with Crippen LogP contribution in [0.15, 0.2) is 6.20 Å². The highest BCUT2D eigenvalue weighted by Gasteiger charge is 2.30. The van der Waals surface area contributed by atoms with Crippen molar-refractivity contribution in [1.82, 2.24) is 14.7 Å². The van der Waals surface area contributed by atoms with Crippen LogP contribution in [0.2, 0.25) is 0 Å². The van der Waals surface area contributed by atoms with Gasteiger partial charge in [-0.25, -0.2) is 0 Å². The molecule has 0 radical (unpaired) electrons. The molecule has 1 unspecified atom stereocenters. The van der Waals surface area contributed by atoms with E-state index in [1.807, 2.05) is 17.9 Å². The first kappa shape index (κ1) is 12.6. The van der Waals surface area contributed by atoms with E-state index in [2.05, 4.69) is 23.8 Å². The Morgan fingerprint density at radius 2 is 2.29 bits per heavy atom. The van der Waals surface area contributed by atoms with Gasteiger partial charge in [0.2, 0.25) is 0 Å². The normalized spacial score (nSPS) is 26.4. The average Bonchev–Trinajstić information content (AvgIpc) is 2.61. The molecule has 4 heteroatoms. The Morgan fingerprint density at radius 3 is 2.88 bits per heavy atom. The van der Waals surface area contributed by atoms with Crippen molar-refractivity contribution < 1.29 is 5.11 Å². The molecule has 0 saturated carbocycles. The number of likely N-dealkylation sites (tertiary alicyclic amines) is 1. The minimum atomic E-state index is 0.0777. The van der Waals surface area contributed by atoms with Crippen LogP contribution in [-0.4, -0.2) is 39.5 Å². The highest BCUT2D eigenvalue weighted by Crippen LogP contribution is 2.29. The van der Waals surface area contributed by atoms with E-state index < -0.39 is 0 Å². The van der Waals surface area contributed by atoms with Crippen LogP contribution in [-0.2, 0) is 13.6 Å².